The summed E-state index contributed by atoms with van der Waals surface area (Å²) in [5.41, 5.74) is 10.9. The molecule has 0 saturated heterocycles. The zero-order valence-electron chi connectivity index (χ0n) is 10.4. The number of nitrogens with zero attached hydrogens (tertiary/aromatic N) is 1. The molecule has 0 fully saturated rings. The Morgan fingerprint density at radius 1 is 1.37 bits per heavy atom. The van der Waals surface area contributed by atoms with Crippen LogP contribution in [0.5, 0.6) is 5.75 Å². The maximum atomic E-state index is 6.01. The molecule has 1 heterocycles. The molecule has 0 saturated carbocycles. The van der Waals surface area contributed by atoms with E-state index >= 15 is 0 Å². The molecule has 2 aromatic rings. The van der Waals surface area contributed by atoms with Gasteiger partial charge in [0.2, 0.25) is 0 Å². The zero-order chi connectivity index (χ0) is 13.8. The van der Waals surface area contributed by atoms with Crippen LogP contribution in [0.4, 0.5) is 5.69 Å². The number of nitrogen functional groups attached to an aromatic ring is 1. The molecule has 1 aromatic heterocycles. The standard InChI is InChI=1S/C13H15BrN4O/c1-19-11-3-2-6-17-13(11)12(18-16)9-7-8(14)4-5-10(9)15/h2-7,12,18H,15-16H2,1H3. The van der Waals surface area contributed by atoms with E-state index in [1.807, 2.05) is 24.3 Å². The zero-order valence-corrected chi connectivity index (χ0v) is 12.0. The van der Waals surface area contributed by atoms with E-state index in [-0.39, 0.29) is 6.04 Å². The predicted octanol–water partition coefficient (Wildman–Crippen LogP) is 1.99. The van der Waals surface area contributed by atoms with E-state index in [0.29, 0.717) is 17.1 Å². The number of hydrogen-bond donors (Lipinski definition) is 3. The summed E-state index contributed by atoms with van der Waals surface area (Å²) in [5, 5.41) is 0. The van der Waals surface area contributed by atoms with E-state index < -0.39 is 0 Å². The Hall–Kier alpha value is -1.63. The predicted molar refractivity (Wildman–Crippen MR) is 78.5 cm³/mol. The molecule has 1 aromatic carbocycles. The van der Waals surface area contributed by atoms with Crippen molar-refractivity contribution in [3.05, 3.63) is 52.3 Å². The van der Waals surface area contributed by atoms with Gasteiger partial charge in [-0.1, -0.05) is 15.9 Å². The Balaban J connectivity index is 2.53. The molecule has 100 valence electrons. The molecule has 1 atom stereocenters. The van der Waals surface area contributed by atoms with Crippen molar-refractivity contribution in [2.45, 2.75) is 6.04 Å². The lowest BCUT2D eigenvalue weighted by molar-refractivity contribution is 0.400. The van der Waals surface area contributed by atoms with E-state index in [4.69, 9.17) is 16.3 Å². The summed E-state index contributed by atoms with van der Waals surface area (Å²) in [6.45, 7) is 0. The first-order chi connectivity index (χ1) is 9.17. The minimum Gasteiger partial charge on any atom is -0.495 e. The van der Waals surface area contributed by atoms with Crippen LogP contribution in [-0.2, 0) is 0 Å². The smallest absolute Gasteiger partial charge is 0.142 e. The maximum absolute atomic E-state index is 6.01. The van der Waals surface area contributed by atoms with Crippen molar-refractivity contribution < 1.29 is 4.74 Å². The van der Waals surface area contributed by atoms with Crippen LogP contribution in [0, 0.1) is 0 Å². The molecule has 0 aliphatic rings. The van der Waals surface area contributed by atoms with Crippen LogP contribution in [-0.4, -0.2) is 12.1 Å². The summed E-state index contributed by atoms with van der Waals surface area (Å²) in [4.78, 5) is 4.33. The molecule has 5 N–H and O–H groups in total. The monoisotopic (exact) mass is 322 g/mol. The molecule has 1 unspecified atom stereocenters. The normalized spacial score (nSPS) is 12.2. The van der Waals surface area contributed by atoms with Crippen molar-refractivity contribution in [2.75, 3.05) is 12.8 Å². The van der Waals surface area contributed by atoms with E-state index in [9.17, 15) is 0 Å². The van der Waals surface area contributed by atoms with Gasteiger partial charge in [-0.05, 0) is 30.3 Å². The lowest BCUT2D eigenvalue weighted by Crippen LogP contribution is -2.30. The minimum absolute atomic E-state index is 0.339. The SMILES string of the molecule is COc1cccnc1C(NN)c1cc(Br)ccc1N. The molecule has 5 nitrogen and oxygen atoms in total. The first kappa shape index (κ1) is 13.8. The van der Waals surface area contributed by atoms with Gasteiger partial charge < -0.3 is 10.5 Å². The second kappa shape index (κ2) is 6.01. The van der Waals surface area contributed by atoms with Crippen LogP contribution >= 0.6 is 15.9 Å². The average molecular weight is 323 g/mol. The van der Waals surface area contributed by atoms with E-state index in [2.05, 4.69) is 26.3 Å². The molecule has 0 aliphatic heterocycles. The first-order valence-electron chi connectivity index (χ1n) is 5.67. The quantitative estimate of drug-likeness (QED) is 0.455. The van der Waals surface area contributed by atoms with Crippen molar-refractivity contribution in [1.29, 1.82) is 0 Å². The third kappa shape index (κ3) is 2.86. The molecular weight excluding hydrogens is 308 g/mol. The van der Waals surface area contributed by atoms with Crippen LogP contribution < -0.4 is 21.7 Å². The topological polar surface area (TPSA) is 86.2 Å². The van der Waals surface area contributed by atoms with Crippen LogP contribution in [0.3, 0.4) is 0 Å². The van der Waals surface area contributed by atoms with Crippen molar-refractivity contribution in [3.63, 3.8) is 0 Å². The van der Waals surface area contributed by atoms with Crippen molar-refractivity contribution in [1.82, 2.24) is 10.4 Å². The fourth-order valence-electron chi connectivity index (χ4n) is 1.90. The summed E-state index contributed by atoms with van der Waals surface area (Å²) < 4.78 is 6.23. The second-order valence-corrected chi connectivity index (χ2v) is 4.88. The fraction of sp³-hybridized carbons (Fsp3) is 0.154. The van der Waals surface area contributed by atoms with Crippen LogP contribution in [0.2, 0.25) is 0 Å². The Morgan fingerprint density at radius 3 is 2.84 bits per heavy atom. The summed E-state index contributed by atoms with van der Waals surface area (Å²) in [6.07, 6.45) is 1.69. The summed E-state index contributed by atoms with van der Waals surface area (Å²) >= 11 is 3.43. The number of benzene rings is 1. The van der Waals surface area contributed by atoms with Crippen LogP contribution in [0.15, 0.2) is 41.0 Å². The van der Waals surface area contributed by atoms with Crippen molar-refractivity contribution in [2.24, 2.45) is 5.84 Å². The van der Waals surface area contributed by atoms with Gasteiger partial charge in [0, 0.05) is 21.9 Å². The Morgan fingerprint density at radius 2 is 2.16 bits per heavy atom. The first-order valence-corrected chi connectivity index (χ1v) is 6.46. The lowest BCUT2D eigenvalue weighted by Gasteiger charge is -2.20. The molecule has 6 heteroatoms. The third-order valence-electron chi connectivity index (χ3n) is 2.82. The molecule has 0 radical (unpaired) electrons. The highest BCUT2D eigenvalue weighted by Gasteiger charge is 2.20. The Bertz CT molecular complexity index is 576. The third-order valence-corrected chi connectivity index (χ3v) is 3.31. The number of hydrogen-bond acceptors (Lipinski definition) is 5. The highest BCUT2D eigenvalue weighted by atomic mass is 79.9. The average Bonchev–Trinajstić information content (AvgIpc) is 2.44. The second-order valence-electron chi connectivity index (χ2n) is 3.96. The van der Waals surface area contributed by atoms with Gasteiger partial charge in [-0.3, -0.25) is 10.8 Å². The number of nitrogens with two attached hydrogens (primary N) is 2. The van der Waals surface area contributed by atoms with Gasteiger partial charge in [-0.2, -0.15) is 0 Å². The number of aromatic nitrogens is 1. The number of rotatable bonds is 4. The number of hydrazine groups is 1. The van der Waals surface area contributed by atoms with E-state index in [1.54, 1.807) is 19.4 Å². The van der Waals surface area contributed by atoms with Gasteiger partial charge in [-0.15, -0.1) is 0 Å². The van der Waals surface area contributed by atoms with Crippen LogP contribution in [0.1, 0.15) is 17.3 Å². The lowest BCUT2D eigenvalue weighted by atomic mass is 10.0. The van der Waals surface area contributed by atoms with Crippen LogP contribution in [0.25, 0.3) is 0 Å². The Kier molecular flexibility index (Phi) is 4.36. The molecule has 0 aliphatic carbocycles. The number of nitrogens with one attached hydrogen (secondary N) is 1. The Labute approximate surface area is 120 Å². The molecule has 2 rings (SSSR count). The van der Waals surface area contributed by atoms with Gasteiger partial charge in [0.15, 0.2) is 0 Å². The summed E-state index contributed by atoms with van der Waals surface area (Å²) in [6, 6.07) is 8.91. The number of methoxy groups -OCH3 is 1. The summed E-state index contributed by atoms with van der Waals surface area (Å²) in [7, 11) is 1.60. The maximum Gasteiger partial charge on any atom is 0.142 e. The number of anilines is 1. The van der Waals surface area contributed by atoms with Gasteiger partial charge in [0.25, 0.3) is 0 Å². The van der Waals surface area contributed by atoms with Crippen molar-refractivity contribution in [3.8, 4) is 5.75 Å². The highest BCUT2D eigenvalue weighted by molar-refractivity contribution is 9.10. The fourth-order valence-corrected chi connectivity index (χ4v) is 2.28. The number of halogens is 1. The van der Waals surface area contributed by atoms with Crippen molar-refractivity contribution >= 4 is 21.6 Å². The van der Waals surface area contributed by atoms with Gasteiger partial charge in [-0.25, -0.2) is 5.43 Å². The number of pyridine rings is 1. The molecule has 19 heavy (non-hydrogen) atoms. The molecule has 0 spiro atoms. The molecule has 0 bridgehead atoms. The van der Waals surface area contributed by atoms with E-state index in [1.165, 1.54) is 0 Å². The molecule has 0 amide bonds. The van der Waals surface area contributed by atoms with Gasteiger partial charge in [0.05, 0.1) is 13.2 Å². The molecular formula is C13H15BrN4O. The highest BCUT2D eigenvalue weighted by Crippen LogP contribution is 2.32. The minimum atomic E-state index is -0.339. The van der Waals surface area contributed by atoms with E-state index in [0.717, 1.165) is 10.0 Å². The van der Waals surface area contributed by atoms with Gasteiger partial charge >= 0.3 is 0 Å². The largest absolute Gasteiger partial charge is 0.495 e. The van der Waals surface area contributed by atoms with Gasteiger partial charge in [0.1, 0.15) is 11.4 Å². The summed E-state index contributed by atoms with van der Waals surface area (Å²) in [5.74, 6) is 6.32. The number of ether oxygens (including phenoxy) is 1.